The van der Waals surface area contributed by atoms with Crippen LogP contribution in [0.2, 0.25) is 5.15 Å². The lowest BCUT2D eigenvalue weighted by Gasteiger charge is -2.08. The summed E-state index contributed by atoms with van der Waals surface area (Å²) >= 11 is 5.86. The molecule has 0 spiro atoms. The Balaban J connectivity index is 1.79. The average molecular weight is 345 g/mol. The number of hydrogen-bond acceptors (Lipinski definition) is 5. The maximum absolute atomic E-state index is 12.4. The molecule has 0 atom stereocenters. The highest BCUT2D eigenvalue weighted by molar-refractivity contribution is 6.29. The van der Waals surface area contributed by atoms with Gasteiger partial charge in [-0.05, 0) is 24.1 Å². The van der Waals surface area contributed by atoms with E-state index >= 15 is 0 Å². The van der Waals surface area contributed by atoms with Gasteiger partial charge in [0.25, 0.3) is 5.56 Å². The monoisotopic (exact) mass is 344 g/mol. The first-order valence-electron chi connectivity index (χ1n) is 7.07. The van der Waals surface area contributed by atoms with Crippen molar-refractivity contribution in [3.8, 4) is 0 Å². The Labute approximate surface area is 141 Å². The van der Waals surface area contributed by atoms with E-state index in [0.717, 1.165) is 10.1 Å². The van der Waals surface area contributed by atoms with Gasteiger partial charge in [0.2, 0.25) is 0 Å². The van der Waals surface area contributed by atoms with Gasteiger partial charge in [-0.2, -0.15) is 9.61 Å². The molecule has 0 bridgehead atoms. The number of amides is 1. The summed E-state index contributed by atoms with van der Waals surface area (Å²) in [4.78, 5) is 28.4. The molecule has 0 saturated heterocycles. The van der Waals surface area contributed by atoms with Crippen LogP contribution < -0.4 is 10.9 Å². The second kappa shape index (κ2) is 6.67. The summed E-state index contributed by atoms with van der Waals surface area (Å²) < 4.78 is 6.12. The Hall–Kier alpha value is -2.93. The van der Waals surface area contributed by atoms with Crippen molar-refractivity contribution in [3.63, 3.8) is 0 Å². The number of nitrogens with one attached hydrogen (secondary N) is 1. The van der Waals surface area contributed by atoms with Gasteiger partial charge in [-0.3, -0.25) is 10.1 Å². The Morgan fingerprint density at radius 1 is 1.33 bits per heavy atom. The molecule has 1 amide bonds. The van der Waals surface area contributed by atoms with Crippen molar-refractivity contribution >= 4 is 29.0 Å². The van der Waals surface area contributed by atoms with Crippen LogP contribution in [0.5, 0.6) is 0 Å². The molecule has 24 heavy (non-hydrogen) atoms. The summed E-state index contributed by atoms with van der Waals surface area (Å²) in [6, 6.07) is 10.8. The van der Waals surface area contributed by atoms with E-state index < -0.39 is 11.7 Å². The minimum absolute atomic E-state index is 0.0419. The summed E-state index contributed by atoms with van der Waals surface area (Å²) in [6.07, 6.45) is 0.515. The molecule has 0 unspecified atom stereocenters. The highest BCUT2D eigenvalue weighted by Crippen LogP contribution is 2.11. The first-order valence-corrected chi connectivity index (χ1v) is 7.45. The van der Waals surface area contributed by atoms with Crippen molar-refractivity contribution in [1.82, 2.24) is 14.6 Å². The summed E-state index contributed by atoms with van der Waals surface area (Å²) in [5.41, 5.74) is 1.32. The molecule has 0 aliphatic heterocycles. The molecular weight excluding hydrogens is 332 g/mol. The zero-order valence-electron chi connectivity index (χ0n) is 12.7. The Morgan fingerprint density at radius 3 is 2.83 bits per heavy atom. The zero-order valence-corrected chi connectivity index (χ0v) is 13.4. The smallest absolute Gasteiger partial charge is 0.412 e. The molecule has 122 valence electrons. The predicted octanol–water partition coefficient (Wildman–Crippen LogP) is 2.80. The highest BCUT2D eigenvalue weighted by Gasteiger charge is 2.12. The molecule has 2 aromatic heterocycles. The van der Waals surface area contributed by atoms with Crippen molar-refractivity contribution in [1.29, 1.82) is 0 Å². The Bertz CT molecular complexity index is 957. The summed E-state index contributed by atoms with van der Waals surface area (Å²) in [6.45, 7) is 1.86. The van der Waals surface area contributed by atoms with Crippen molar-refractivity contribution in [3.05, 3.63) is 69.2 Å². The molecule has 7 nitrogen and oxygen atoms in total. The predicted molar refractivity (Wildman–Crippen MR) is 89.3 cm³/mol. The molecule has 8 heteroatoms. The third-order valence-corrected chi connectivity index (χ3v) is 3.46. The molecule has 1 N–H and O–H groups in total. The molecule has 0 saturated carbocycles. The third kappa shape index (κ3) is 3.36. The third-order valence-electron chi connectivity index (χ3n) is 3.27. The van der Waals surface area contributed by atoms with Crippen LogP contribution >= 0.6 is 11.6 Å². The SMILES string of the molecule is Cc1cc(Cl)nn2c(=O)c(NC(=O)OCc3ccccc3)cnc12. The van der Waals surface area contributed by atoms with E-state index in [1.54, 1.807) is 13.0 Å². The van der Waals surface area contributed by atoms with E-state index in [9.17, 15) is 9.59 Å². The number of aromatic nitrogens is 3. The van der Waals surface area contributed by atoms with E-state index in [0.29, 0.717) is 11.2 Å². The zero-order chi connectivity index (χ0) is 17.1. The van der Waals surface area contributed by atoms with Crippen LogP contribution in [0.3, 0.4) is 0 Å². The minimum atomic E-state index is -0.753. The number of hydrogen-bond donors (Lipinski definition) is 1. The number of anilines is 1. The van der Waals surface area contributed by atoms with Gasteiger partial charge in [-0.1, -0.05) is 41.9 Å². The van der Waals surface area contributed by atoms with Crippen LogP contribution in [-0.4, -0.2) is 20.7 Å². The maximum Gasteiger partial charge on any atom is 0.412 e. The molecule has 3 aromatic rings. The van der Waals surface area contributed by atoms with Gasteiger partial charge in [0.05, 0.1) is 6.20 Å². The lowest BCUT2D eigenvalue weighted by atomic mass is 10.2. The number of rotatable bonds is 3. The fourth-order valence-electron chi connectivity index (χ4n) is 2.13. The molecule has 0 aliphatic rings. The lowest BCUT2D eigenvalue weighted by molar-refractivity contribution is 0.155. The minimum Gasteiger partial charge on any atom is -0.444 e. The largest absolute Gasteiger partial charge is 0.444 e. The Kier molecular flexibility index (Phi) is 4.43. The molecule has 2 heterocycles. The first kappa shape index (κ1) is 15.9. The number of nitrogens with zero attached hydrogens (tertiary/aromatic N) is 3. The quantitative estimate of drug-likeness (QED) is 0.789. The van der Waals surface area contributed by atoms with Gasteiger partial charge in [-0.25, -0.2) is 9.78 Å². The van der Waals surface area contributed by atoms with Gasteiger partial charge in [0, 0.05) is 0 Å². The number of halogens is 1. The van der Waals surface area contributed by atoms with Crippen LogP contribution in [-0.2, 0) is 11.3 Å². The van der Waals surface area contributed by atoms with E-state index in [2.05, 4.69) is 15.4 Å². The van der Waals surface area contributed by atoms with Gasteiger partial charge in [0.1, 0.15) is 12.3 Å². The van der Waals surface area contributed by atoms with Crippen molar-refractivity contribution < 1.29 is 9.53 Å². The van der Waals surface area contributed by atoms with Crippen LogP contribution in [0.15, 0.2) is 47.4 Å². The second-order valence-corrected chi connectivity index (χ2v) is 5.44. The van der Waals surface area contributed by atoms with Gasteiger partial charge >= 0.3 is 6.09 Å². The summed E-state index contributed by atoms with van der Waals surface area (Å²) in [5, 5.41) is 6.44. The molecule has 0 aliphatic carbocycles. The summed E-state index contributed by atoms with van der Waals surface area (Å²) in [5.74, 6) is 0. The number of aryl methyl sites for hydroxylation is 1. The molecule has 0 radical (unpaired) electrons. The topological polar surface area (TPSA) is 85.6 Å². The van der Waals surface area contributed by atoms with Crippen molar-refractivity contribution in [2.75, 3.05) is 5.32 Å². The first-order chi connectivity index (χ1) is 11.5. The fraction of sp³-hybridized carbons (Fsp3) is 0.125. The Morgan fingerprint density at radius 2 is 2.08 bits per heavy atom. The average Bonchev–Trinajstić information content (AvgIpc) is 2.57. The van der Waals surface area contributed by atoms with Gasteiger partial charge in [0.15, 0.2) is 10.8 Å². The van der Waals surface area contributed by atoms with Gasteiger partial charge in [-0.15, -0.1) is 0 Å². The van der Waals surface area contributed by atoms with E-state index in [1.807, 2.05) is 30.3 Å². The number of carbonyl (C=O) groups excluding carboxylic acids is 1. The van der Waals surface area contributed by atoms with Gasteiger partial charge < -0.3 is 4.74 Å². The highest BCUT2D eigenvalue weighted by atomic mass is 35.5. The van der Waals surface area contributed by atoms with Crippen LogP contribution in [0.25, 0.3) is 5.65 Å². The molecular formula is C16H13ClN4O3. The maximum atomic E-state index is 12.4. The summed E-state index contributed by atoms with van der Waals surface area (Å²) in [7, 11) is 0. The van der Waals surface area contributed by atoms with E-state index in [1.165, 1.54) is 6.20 Å². The van der Waals surface area contributed by atoms with E-state index in [-0.39, 0.29) is 17.4 Å². The number of carbonyl (C=O) groups is 1. The lowest BCUT2D eigenvalue weighted by Crippen LogP contribution is -2.25. The van der Waals surface area contributed by atoms with Crippen molar-refractivity contribution in [2.45, 2.75) is 13.5 Å². The van der Waals surface area contributed by atoms with Crippen LogP contribution in [0, 0.1) is 6.92 Å². The van der Waals surface area contributed by atoms with Crippen LogP contribution in [0.1, 0.15) is 11.1 Å². The molecule has 1 aromatic carbocycles. The number of fused-ring (bicyclic) bond motifs is 1. The number of ether oxygens (including phenoxy) is 1. The second-order valence-electron chi connectivity index (χ2n) is 5.05. The van der Waals surface area contributed by atoms with Crippen LogP contribution in [0.4, 0.5) is 10.5 Å². The molecule has 3 rings (SSSR count). The van der Waals surface area contributed by atoms with Crippen molar-refractivity contribution in [2.24, 2.45) is 0 Å². The number of benzene rings is 1. The normalized spacial score (nSPS) is 10.6. The standard InChI is InChI=1S/C16H13ClN4O3/c1-10-7-13(17)20-21-14(10)18-8-12(15(21)22)19-16(23)24-9-11-5-3-2-4-6-11/h2-8H,9H2,1H3,(H,19,23). The van der Waals surface area contributed by atoms with E-state index in [4.69, 9.17) is 16.3 Å². The fourth-order valence-corrected chi connectivity index (χ4v) is 2.37. The molecule has 0 fully saturated rings.